The highest BCUT2D eigenvalue weighted by Crippen LogP contribution is 2.22. The van der Waals surface area contributed by atoms with Gasteiger partial charge in [-0.25, -0.2) is 0 Å². The standard InChI is InChI=1S/C63H82N14O24/c1-29(54(92)72-42(16-22-50(85)86)58(96)68-31(3)56(94)74-44(18-24-52(89)90)61(99)77-45(25-33-27-65-37-11-7-5-9-35(33)37)62(100)71-39(53(64)91)13-19-47(79)80)67-57(95)41(15-21-49(83)84)73-55(93)30(2)69-59(97)43(17-23-51(87)88)75-63(101)46(26-34-28-66-38-12-8-6-10-36(34)38)76-60(98)40(70-32(4)78)14-20-48(81)82/h5-12,27-31,39-46,65-66H,13-26H2,1-4H3,(H2,64,91)(H,67,95)(H,68,96)(H,69,97)(H,70,78)(H,71,100)(H,72,92)(H,73,93)(H,74,94)(H,75,101)(H,76,98)(H,77,99)(H,79,80)(H,81,82)(H,83,84)(H,85,86)(H,87,88)(H,89,90)/t29-,30-,31-,39-,40-,41-,42-,43-,44-,45-,46-/m0/s1. The number of aromatic amines is 2. The van der Waals surface area contributed by atoms with Gasteiger partial charge in [-0.05, 0) is 82.6 Å². The minimum atomic E-state index is -1.82. The van der Waals surface area contributed by atoms with Crippen LogP contribution in [0.3, 0.4) is 0 Å². The Morgan fingerprint density at radius 3 is 0.832 bits per heavy atom. The first-order valence-corrected chi connectivity index (χ1v) is 31.5. The second-order valence-corrected chi connectivity index (χ2v) is 23.5. The maximum Gasteiger partial charge on any atom is 0.303 e. The molecule has 0 spiro atoms. The minimum absolute atomic E-state index is 0.291. The van der Waals surface area contributed by atoms with Crippen LogP contribution in [0.5, 0.6) is 0 Å². The largest absolute Gasteiger partial charge is 0.481 e. The zero-order valence-electron chi connectivity index (χ0n) is 55.1. The molecule has 0 radical (unpaired) electrons. The van der Waals surface area contributed by atoms with Crippen molar-refractivity contribution in [1.82, 2.24) is 68.5 Å². The lowest BCUT2D eigenvalue weighted by Crippen LogP contribution is -2.60. The highest BCUT2D eigenvalue weighted by molar-refractivity contribution is 6.00. The molecule has 2 aromatic carbocycles. The molecule has 0 saturated heterocycles. The molecule has 0 aliphatic carbocycles. The monoisotopic (exact) mass is 1420 g/mol. The molecule has 101 heavy (non-hydrogen) atoms. The molecule has 2 heterocycles. The third-order valence-corrected chi connectivity index (χ3v) is 15.5. The number of primary amides is 1. The summed E-state index contributed by atoms with van der Waals surface area (Å²) in [6.07, 6.45) is -5.25. The number of benzene rings is 2. The number of fused-ring (bicyclic) bond motifs is 2. The summed E-state index contributed by atoms with van der Waals surface area (Å²) in [6, 6.07) is -4.85. The van der Waals surface area contributed by atoms with Crippen LogP contribution in [0.4, 0.5) is 0 Å². The number of nitrogens with one attached hydrogen (secondary N) is 13. The molecule has 0 aliphatic heterocycles. The van der Waals surface area contributed by atoms with Gasteiger partial charge in [-0.2, -0.15) is 0 Å². The number of hydrogen-bond donors (Lipinski definition) is 20. The van der Waals surface area contributed by atoms with Crippen LogP contribution in [0.15, 0.2) is 60.9 Å². The van der Waals surface area contributed by atoms with E-state index in [1.54, 1.807) is 48.5 Å². The minimum Gasteiger partial charge on any atom is -0.481 e. The molecule has 2 aromatic heterocycles. The van der Waals surface area contributed by atoms with E-state index in [1.807, 2.05) is 0 Å². The summed E-state index contributed by atoms with van der Waals surface area (Å²) in [5, 5.41) is 83.4. The fraction of sp³-hybridized carbons (Fsp3) is 0.460. The van der Waals surface area contributed by atoms with Crippen LogP contribution < -0.4 is 64.2 Å². The summed E-state index contributed by atoms with van der Waals surface area (Å²) in [5.41, 5.74) is 7.59. The number of nitrogens with two attached hydrogens (primary N) is 1. The molecule has 0 bridgehead atoms. The molecule has 4 rings (SSSR count). The highest BCUT2D eigenvalue weighted by Gasteiger charge is 2.36. The molecular weight excluding hydrogens is 1340 g/mol. The Morgan fingerprint density at radius 1 is 0.327 bits per heavy atom. The van der Waals surface area contributed by atoms with E-state index in [2.05, 4.69) is 68.5 Å². The quantitative estimate of drug-likeness (QED) is 0.0204. The molecule has 0 unspecified atom stereocenters. The van der Waals surface area contributed by atoms with Crippen molar-refractivity contribution in [2.45, 2.75) is 184 Å². The molecule has 38 nitrogen and oxygen atoms in total. The van der Waals surface area contributed by atoms with Crippen molar-refractivity contribution >= 4 is 129 Å². The summed E-state index contributed by atoms with van der Waals surface area (Å²) < 4.78 is 0. The number of carbonyl (C=O) groups excluding carboxylic acids is 12. The van der Waals surface area contributed by atoms with Gasteiger partial charge >= 0.3 is 35.8 Å². The fourth-order valence-corrected chi connectivity index (χ4v) is 10.1. The maximum absolute atomic E-state index is 14.2. The van der Waals surface area contributed by atoms with Gasteiger partial charge in [0.25, 0.3) is 0 Å². The Balaban J connectivity index is 1.49. The van der Waals surface area contributed by atoms with Gasteiger partial charge in [0.05, 0.1) is 0 Å². The van der Waals surface area contributed by atoms with Crippen LogP contribution in [-0.4, -0.2) is 214 Å². The molecule has 0 saturated carbocycles. The van der Waals surface area contributed by atoms with Gasteiger partial charge in [0.1, 0.15) is 66.5 Å². The Kier molecular flexibility index (Phi) is 31.8. The molecule has 12 amide bonds. The number of rotatable bonds is 44. The van der Waals surface area contributed by atoms with Crippen LogP contribution >= 0.6 is 0 Å². The lowest BCUT2D eigenvalue weighted by atomic mass is 10.0. The first-order valence-electron chi connectivity index (χ1n) is 31.5. The fourth-order valence-electron chi connectivity index (χ4n) is 10.1. The van der Waals surface area contributed by atoms with E-state index in [0.717, 1.165) is 27.7 Å². The predicted molar refractivity (Wildman–Crippen MR) is 348 cm³/mol. The molecule has 21 N–H and O–H groups in total. The Hall–Kier alpha value is -12.0. The lowest BCUT2D eigenvalue weighted by molar-refractivity contribution is -0.139. The van der Waals surface area contributed by atoms with Gasteiger partial charge in [-0.3, -0.25) is 86.3 Å². The Bertz CT molecular complexity index is 3760. The maximum atomic E-state index is 14.2. The predicted octanol–water partition coefficient (Wildman–Crippen LogP) is -3.48. The second-order valence-electron chi connectivity index (χ2n) is 23.5. The van der Waals surface area contributed by atoms with E-state index in [4.69, 9.17) is 5.73 Å². The number of amides is 12. The number of carboxylic acids is 6. The van der Waals surface area contributed by atoms with E-state index in [0.29, 0.717) is 32.9 Å². The lowest BCUT2D eigenvalue weighted by Gasteiger charge is -2.27. The first kappa shape index (κ1) is 81.4. The molecule has 548 valence electrons. The molecule has 4 aromatic rings. The third kappa shape index (κ3) is 27.4. The van der Waals surface area contributed by atoms with Crippen molar-refractivity contribution in [2.24, 2.45) is 5.73 Å². The van der Waals surface area contributed by atoms with Crippen molar-refractivity contribution in [3.05, 3.63) is 72.1 Å². The molecular formula is C63H82N14O24. The smallest absolute Gasteiger partial charge is 0.303 e. The van der Waals surface area contributed by atoms with Crippen LogP contribution in [-0.2, 0) is 99.1 Å². The zero-order valence-corrected chi connectivity index (χ0v) is 55.1. The number of carbonyl (C=O) groups is 18. The molecule has 11 atom stereocenters. The van der Waals surface area contributed by atoms with Gasteiger partial charge in [0, 0.05) is 92.5 Å². The summed E-state index contributed by atoms with van der Waals surface area (Å²) >= 11 is 0. The van der Waals surface area contributed by atoms with Crippen LogP contribution in [0.2, 0.25) is 0 Å². The summed E-state index contributed by atoms with van der Waals surface area (Å²) in [7, 11) is 0. The van der Waals surface area contributed by atoms with Crippen LogP contribution in [0.25, 0.3) is 21.8 Å². The zero-order chi connectivity index (χ0) is 75.4. The van der Waals surface area contributed by atoms with Gasteiger partial charge in [0.2, 0.25) is 70.9 Å². The average Bonchev–Trinajstić information content (AvgIpc) is 1.71. The van der Waals surface area contributed by atoms with Gasteiger partial charge in [0.15, 0.2) is 0 Å². The molecule has 38 heteroatoms. The number of para-hydroxylation sites is 2. The second kappa shape index (κ2) is 39.4. The van der Waals surface area contributed by atoms with Crippen molar-refractivity contribution in [1.29, 1.82) is 0 Å². The van der Waals surface area contributed by atoms with Crippen molar-refractivity contribution in [3.8, 4) is 0 Å². The first-order chi connectivity index (χ1) is 47.5. The Morgan fingerprint density at radius 2 is 0.554 bits per heavy atom. The third-order valence-electron chi connectivity index (χ3n) is 15.5. The SMILES string of the molecule is CC(=O)N[C@@H](CCC(=O)O)C(=O)N[C@@H](Cc1c[nH]c2ccccc12)C(=O)N[C@@H](CCC(=O)O)C(=O)N[C@@H](C)C(=O)N[C@@H](CCC(=O)O)C(=O)N[C@@H](C)C(=O)N[C@@H](CCC(=O)O)C(=O)N[C@@H](C)C(=O)N[C@@H](CCC(=O)O)C(=O)N[C@@H](Cc1c[nH]c2ccccc12)C(=O)N[C@@H](CCC(=O)O)C(N)=O. The highest BCUT2D eigenvalue weighted by atomic mass is 16.4. The normalized spacial score (nSPS) is 14.3. The number of aromatic nitrogens is 2. The van der Waals surface area contributed by atoms with Crippen LogP contribution in [0.1, 0.15) is 116 Å². The van der Waals surface area contributed by atoms with E-state index in [9.17, 15) is 117 Å². The van der Waals surface area contributed by atoms with Crippen LogP contribution in [0, 0.1) is 0 Å². The average molecular weight is 1420 g/mol. The summed E-state index contributed by atoms with van der Waals surface area (Å²) in [5.74, 6) is -21.8. The van der Waals surface area contributed by atoms with E-state index < -0.39 is 250 Å². The van der Waals surface area contributed by atoms with Gasteiger partial charge in [-0.1, -0.05) is 36.4 Å². The number of carboxylic acid groups (broad SMARTS) is 6. The van der Waals surface area contributed by atoms with Gasteiger partial charge in [-0.15, -0.1) is 0 Å². The molecule has 0 fully saturated rings. The van der Waals surface area contributed by atoms with E-state index in [-0.39, 0.29) is 12.8 Å². The Labute approximate surface area is 573 Å². The number of hydrogen-bond acceptors (Lipinski definition) is 18. The van der Waals surface area contributed by atoms with Crippen molar-refractivity contribution in [3.63, 3.8) is 0 Å². The van der Waals surface area contributed by atoms with Crippen molar-refractivity contribution < 1.29 is 117 Å². The number of aliphatic carboxylic acids is 6. The van der Waals surface area contributed by atoms with Crippen molar-refractivity contribution in [2.75, 3.05) is 0 Å². The summed E-state index contributed by atoms with van der Waals surface area (Å²) in [4.78, 5) is 239. The van der Waals surface area contributed by atoms with E-state index in [1.165, 1.54) is 12.4 Å². The number of H-pyrrole nitrogens is 2. The van der Waals surface area contributed by atoms with Gasteiger partial charge < -0.3 is 105 Å². The molecule has 0 aliphatic rings. The summed E-state index contributed by atoms with van der Waals surface area (Å²) in [6.45, 7) is 4.29. The van der Waals surface area contributed by atoms with E-state index >= 15 is 0 Å². The topological polar surface area (TPSA) is 619 Å².